The molecule has 230 valence electrons. The molecule has 2 aliphatic rings. The van der Waals surface area contributed by atoms with E-state index < -0.39 is 41.9 Å². The number of nitrogens with zero attached hydrogens (tertiary/aromatic N) is 3. The fraction of sp³-hybridized carbons (Fsp3) is 0.276. The van der Waals surface area contributed by atoms with Crippen molar-refractivity contribution in [2.75, 3.05) is 7.11 Å². The maximum absolute atomic E-state index is 14.7. The highest BCUT2D eigenvalue weighted by molar-refractivity contribution is 5.89. The first-order valence-corrected chi connectivity index (χ1v) is 13.1. The van der Waals surface area contributed by atoms with E-state index in [4.69, 9.17) is 9.47 Å². The average molecular weight is 621 g/mol. The summed E-state index contributed by atoms with van der Waals surface area (Å²) in [5.74, 6) is -2.18. The van der Waals surface area contributed by atoms with Gasteiger partial charge in [-0.2, -0.15) is 22.7 Å². The van der Waals surface area contributed by atoms with Gasteiger partial charge in [-0.3, -0.25) is 0 Å². The third-order valence-electron chi connectivity index (χ3n) is 6.94. The smallest absolute Gasteiger partial charge is 0.484 e. The van der Waals surface area contributed by atoms with Crippen LogP contribution in [-0.2, 0) is 23.9 Å². The van der Waals surface area contributed by atoms with Crippen molar-refractivity contribution in [3.63, 3.8) is 0 Å². The van der Waals surface area contributed by atoms with Gasteiger partial charge >= 0.3 is 18.4 Å². The number of alkyl halides is 5. The van der Waals surface area contributed by atoms with Crippen molar-refractivity contribution in [2.24, 2.45) is 0 Å². The molecule has 9 nitrogen and oxygen atoms in total. The lowest BCUT2D eigenvalue weighted by atomic mass is 9.93. The van der Waals surface area contributed by atoms with E-state index in [1.54, 1.807) is 0 Å². The first-order valence-electron chi connectivity index (χ1n) is 13.1. The quantitative estimate of drug-likeness (QED) is 0.130. The van der Waals surface area contributed by atoms with Gasteiger partial charge in [0, 0.05) is 11.6 Å². The normalized spacial score (nSPS) is 16.8. The van der Waals surface area contributed by atoms with Gasteiger partial charge in [-0.1, -0.05) is 6.07 Å². The molecular formula is C29H21F6N3O6. The lowest BCUT2D eigenvalue weighted by Crippen LogP contribution is -2.25. The second-order valence-electron chi connectivity index (χ2n) is 9.86. The first kappa shape index (κ1) is 29.1. The van der Waals surface area contributed by atoms with Crippen molar-refractivity contribution in [2.45, 2.75) is 44.4 Å². The first-order chi connectivity index (χ1) is 20.9. The highest BCUT2D eigenvalue weighted by Gasteiger charge is 2.44. The Balaban J connectivity index is 1.31. The van der Waals surface area contributed by atoms with Crippen molar-refractivity contribution in [1.82, 2.24) is 14.8 Å². The van der Waals surface area contributed by atoms with Crippen LogP contribution in [0.1, 0.15) is 51.8 Å². The largest absolute Gasteiger partial charge is 0.586 e. The molecule has 15 heteroatoms. The number of fused-ring (bicyclic) bond motifs is 2. The Labute approximate surface area is 244 Å². The number of pyridine rings is 1. The predicted octanol–water partition coefficient (Wildman–Crippen LogP) is 6.57. The van der Waals surface area contributed by atoms with Crippen LogP contribution in [0.2, 0.25) is 0 Å². The number of aromatic nitrogens is 3. The number of ether oxygens (including phenoxy) is 5. The van der Waals surface area contributed by atoms with E-state index in [2.05, 4.69) is 24.3 Å². The topological polar surface area (TPSA) is 93.9 Å². The molecule has 44 heavy (non-hydrogen) atoms. The molecule has 0 saturated carbocycles. The van der Waals surface area contributed by atoms with Crippen LogP contribution in [0.4, 0.5) is 26.3 Å². The van der Waals surface area contributed by atoms with Gasteiger partial charge in [-0.25, -0.2) is 14.5 Å². The molecule has 0 spiro atoms. The Kier molecular flexibility index (Phi) is 7.25. The molecule has 6 rings (SSSR count). The van der Waals surface area contributed by atoms with Crippen molar-refractivity contribution in [3.05, 3.63) is 88.8 Å². The Morgan fingerprint density at radius 1 is 1.09 bits per heavy atom. The molecule has 1 aliphatic heterocycles. The van der Waals surface area contributed by atoms with Gasteiger partial charge in [0.2, 0.25) is 0 Å². The number of benzene rings is 2. The molecule has 0 fully saturated rings. The third-order valence-corrected chi connectivity index (χ3v) is 6.94. The van der Waals surface area contributed by atoms with Crippen LogP contribution < -0.4 is 18.9 Å². The van der Waals surface area contributed by atoms with Gasteiger partial charge in [-0.15, -0.1) is 8.78 Å². The second-order valence-corrected chi connectivity index (χ2v) is 9.86. The molecular weight excluding hydrogens is 600 g/mol. The molecule has 1 aliphatic carbocycles. The molecule has 0 N–H and O–H groups in total. The summed E-state index contributed by atoms with van der Waals surface area (Å²) in [6, 6.07) is 10.9. The van der Waals surface area contributed by atoms with E-state index in [-0.39, 0.29) is 47.0 Å². The van der Waals surface area contributed by atoms with Crippen molar-refractivity contribution in [1.29, 1.82) is 0 Å². The van der Waals surface area contributed by atoms with Crippen molar-refractivity contribution < 1.29 is 54.8 Å². The number of carbonyl (C=O) groups excluding carboxylic acids is 1. The Bertz CT molecular complexity index is 1720. The summed E-state index contributed by atoms with van der Waals surface area (Å²) in [6.07, 6.45) is -7.69. The summed E-state index contributed by atoms with van der Waals surface area (Å²) in [6.45, 7) is -0.317. The standard InChI is InChI=1S/C29H21F6N3O6/c1-40-27(39)16-6-8-18(9-7-16)42-21-4-2-3-19-24(21)38(37-25(19)28(31,32)33)17-12-23(26(30)36-13-17)41-14-15-5-10-20-22(11-15)44-29(34,35)43-20/h5-13,21H,2-4,14H2,1H3. The molecule has 0 bridgehead atoms. The molecule has 0 amide bonds. The predicted molar refractivity (Wildman–Crippen MR) is 137 cm³/mol. The molecule has 2 aromatic carbocycles. The summed E-state index contributed by atoms with van der Waals surface area (Å²) >= 11 is 0. The van der Waals surface area contributed by atoms with Crippen LogP contribution in [0, 0.1) is 5.95 Å². The zero-order chi connectivity index (χ0) is 31.2. The number of rotatable bonds is 7. The van der Waals surface area contributed by atoms with Gasteiger partial charge in [0.05, 0.1) is 30.3 Å². The van der Waals surface area contributed by atoms with Crippen LogP contribution >= 0.6 is 0 Å². The summed E-state index contributed by atoms with van der Waals surface area (Å²) in [5.41, 5.74) is -0.518. The minimum absolute atomic E-state index is 0.0324. The fourth-order valence-electron chi connectivity index (χ4n) is 5.01. The minimum Gasteiger partial charge on any atom is -0.484 e. The highest BCUT2D eigenvalue weighted by atomic mass is 19.4. The third kappa shape index (κ3) is 5.68. The number of hydrogen-bond acceptors (Lipinski definition) is 8. The SMILES string of the molecule is COC(=O)c1ccc(OC2CCCc3c(C(F)(F)F)nn(-c4cnc(F)c(OCc5ccc6c(c5)OC(F)(F)O6)c4)c32)cc1. The van der Waals surface area contributed by atoms with E-state index in [9.17, 15) is 31.1 Å². The number of halogens is 6. The van der Waals surface area contributed by atoms with Gasteiger partial charge in [0.1, 0.15) is 18.5 Å². The molecule has 1 atom stereocenters. The van der Waals surface area contributed by atoms with Crippen LogP contribution in [0.5, 0.6) is 23.0 Å². The molecule has 0 radical (unpaired) electrons. The van der Waals surface area contributed by atoms with E-state index in [0.717, 1.165) is 16.9 Å². The fourth-order valence-corrected chi connectivity index (χ4v) is 5.01. The molecule has 3 heterocycles. The second kappa shape index (κ2) is 11.0. The van der Waals surface area contributed by atoms with Gasteiger partial charge in [0.25, 0.3) is 5.95 Å². The summed E-state index contributed by atoms with van der Waals surface area (Å²) in [4.78, 5) is 15.4. The number of carbonyl (C=O) groups is 1. The molecule has 4 aromatic rings. The lowest BCUT2D eigenvalue weighted by molar-refractivity contribution is -0.286. The van der Waals surface area contributed by atoms with Crippen LogP contribution in [0.15, 0.2) is 54.7 Å². The summed E-state index contributed by atoms with van der Waals surface area (Å²) < 4.78 is 110. The van der Waals surface area contributed by atoms with E-state index in [1.165, 1.54) is 49.6 Å². The van der Waals surface area contributed by atoms with Gasteiger partial charge < -0.3 is 23.7 Å². The van der Waals surface area contributed by atoms with Gasteiger partial charge in [-0.05, 0) is 61.2 Å². The van der Waals surface area contributed by atoms with Crippen LogP contribution in [0.3, 0.4) is 0 Å². The minimum atomic E-state index is -4.79. The van der Waals surface area contributed by atoms with E-state index >= 15 is 0 Å². The molecule has 1 unspecified atom stereocenters. The van der Waals surface area contributed by atoms with Gasteiger partial charge in [0.15, 0.2) is 22.9 Å². The Hall–Kier alpha value is -4.95. The monoisotopic (exact) mass is 621 g/mol. The summed E-state index contributed by atoms with van der Waals surface area (Å²) in [7, 11) is 1.23. The maximum Gasteiger partial charge on any atom is 0.586 e. The molecule has 0 saturated heterocycles. The van der Waals surface area contributed by atoms with Crippen LogP contribution in [-0.4, -0.2) is 34.1 Å². The van der Waals surface area contributed by atoms with Crippen molar-refractivity contribution >= 4 is 5.97 Å². The zero-order valence-corrected chi connectivity index (χ0v) is 22.7. The highest BCUT2D eigenvalue weighted by Crippen LogP contribution is 2.43. The zero-order valence-electron chi connectivity index (χ0n) is 22.7. The maximum atomic E-state index is 14.7. The average Bonchev–Trinajstić information content (AvgIpc) is 3.53. The van der Waals surface area contributed by atoms with E-state index in [1.807, 2.05) is 0 Å². The number of esters is 1. The summed E-state index contributed by atoms with van der Waals surface area (Å²) in [5, 5.41) is 3.85. The van der Waals surface area contributed by atoms with E-state index in [0.29, 0.717) is 24.2 Å². The number of methoxy groups -OCH3 is 1. The van der Waals surface area contributed by atoms with Crippen LogP contribution in [0.25, 0.3) is 5.69 Å². The van der Waals surface area contributed by atoms with Crippen molar-refractivity contribution in [3.8, 4) is 28.7 Å². The Morgan fingerprint density at radius 2 is 1.84 bits per heavy atom. The Morgan fingerprint density at radius 3 is 2.57 bits per heavy atom. The molecule has 2 aromatic heterocycles. The number of hydrogen-bond donors (Lipinski definition) is 0. The lowest BCUT2D eigenvalue weighted by Gasteiger charge is -2.26.